The van der Waals surface area contributed by atoms with Crippen LogP contribution in [0.25, 0.3) is 11.1 Å². The van der Waals surface area contributed by atoms with E-state index in [0.717, 1.165) is 5.46 Å². The Morgan fingerprint density at radius 1 is 0.714 bits per heavy atom. The summed E-state index contributed by atoms with van der Waals surface area (Å²) in [7, 11) is 0.106. The van der Waals surface area contributed by atoms with Gasteiger partial charge in [-0.05, 0) is 11.1 Å². The largest absolute Gasteiger partial charge is 0.449 e. The molecule has 0 aliphatic carbocycles. The lowest BCUT2D eigenvalue weighted by Gasteiger charge is -2.01. The van der Waals surface area contributed by atoms with Gasteiger partial charge in [0.25, 0.3) is 0 Å². The second-order valence-electron chi connectivity index (χ2n) is 3.22. The van der Waals surface area contributed by atoms with Crippen molar-refractivity contribution in [2.75, 3.05) is 0 Å². The zero-order chi connectivity index (χ0) is 9.80. The Labute approximate surface area is 84.3 Å². The molecular weight excluding hydrogens is 171 g/mol. The van der Waals surface area contributed by atoms with Crippen molar-refractivity contribution in [1.82, 2.24) is 0 Å². The molecule has 2 rings (SSSR count). The van der Waals surface area contributed by atoms with Crippen LogP contribution in [-0.2, 0) is 0 Å². The average molecular weight is 182 g/mol. The summed E-state index contributed by atoms with van der Waals surface area (Å²) in [6.07, 6.45) is 0. The molecule has 2 aromatic rings. The van der Waals surface area contributed by atoms with Gasteiger partial charge in [-0.3, -0.25) is 0 Å². The molecule has 0 atom stereocenters. The molecule has 0 saturated carbocycles. The molecule has 0 saturated heterocycles. The molecule has 14 heavy (non-hydrogen) atoms. The van der Waals surface area contributed by atoms with Crippen LogP contribution in [0.1, 0.15) is 0 Å². The van der Waals surface area contributed by atoms with E-state index in [1.54, 1.807) is 0 Å². The van der Waals surface area contributed by atoms with E-state index in [-0.39, 0.29) is 7.48 Å². The van der Waals surface area contributed by atoms with Crippen LogP contribution in [0.15, 0.2) is 54.6 Å². The Balaban J connectivity index is 2.34. The topological polar surface area (TPSA) is 20.2 Å². The maximum atomic E-state index is 8.90. The highest BCUT2D eigenvalue weighted by Gasteiger charge is 1.96. The van der Waals surface area contributed by atoms with E-state index >= 15 is 0 Å². The Bertz CT molecular complexity index is 394. The summed E-state index contributed by atoms with van der Waals surface area (Å²) in [6.45, 7) is 0. The first-order valence-corrected chi connectivity index (χ1v) is 4.65. The Morgan fingerprint density at radius 3 is 1.86 bits per heavy atom. The van der Waals surface area contributed by atoms with Gasteiger partial charge in [0.1, 0.15) is 0 Å². The van der Waals surface area contributed by atoms with Gasteiger partial charge < -0.3 is 5.02 Å². The van der Waals surface area contributed by atoms with Crippen LogP contribution in [0, 0.1) is 0 Å². The standard InChI is InChI=1S/C12H11BO/c14-13-12-8-6-11(7-9-12)10-4-2-1-3-5-10/h1-9,13-14H. The van der Waals surface area contributed by atoms with Crippen molar-refractivity contribution in [3.05, 3.63) is 54.6 Å². The van der Waals surface area contributed by atoms with Crippen LogP contribution in [0.2, 0.25) is 0 Å². The van der Waals surface area contributed by atoms with Crippen LogP contribution in [-0.4, -0.2) is 12.5 Å². The summed E-state index contributed by atoms with van der Waals surface area (Å²) >= 11 is 0. The summed E-state index contributed by atoms with van der Waals surface area (Å²) < 4.78 is 0. The predicted octanol–water partition coefficient (Wildman–Crippen LogP) is 1.32. The van der Waals surface area contributed by atoms with E-state index in [9.17, 15) is 0 Å². The third-order valence-electron chi connectivity index (χ3n) is 2.24. The molecule has 0 fully saturated rings. The van der Waals surface area contributed by atoms with Gasteiger partial charge in [-0.15, -0.1) is 0 Å². The van der Waals surface area contributed by atoms with E-state index in [1.165, 1.54) is 11.1 Å². The second-order valence-corrected chi connectivity index (χ2v) is 3.22. The molecule has 0 aromatic heterocycles. The summed E-state index contributed by atoms with van der Waals surface area (Å²) in [5.41, 5.74) is 3.34. The monoisotopic (exact) mass is 182 g/mol. The number of benzene rings is 2. The van der Waals surface area contributed by atoms with E-state index in [4.69, 9.17) is 5.02 Å². The molecule has 1 nitrogen and oxygen atoms in total. The Kier molecular flexibility index (Phi) is 2.66. The number of hydrogen-bond acceptors (Lipinski definition) is 1. The van der Waals surface area contributed by atoms with Gasteiger partial charge in [-0.25, -0.2) is 0 Å². The normalized spacial score (nSPS) is 9.79. The fourth-order valence-electron chi connectivity index (χ4n) is 1.43. The van der Waals surface area contributed by atoms with Gasteiger partial charge in [0, 0.05) is 0 Å². The fraction of sp³-hybridized carbons (Fsp3) is 0. The highest BCUT2D eigenvalue weighted by molar-refractivity contribution is 6.45. The zero-order valence-electron chi connectivity index (χ0n) is 7.85. The Hall–Kier alpha value is -1.54. The van der Waals surface area contributed by atoms with Crippen molar-refractivity contribution in [3.8, 4) is 11.1 Å². The minimum absolute atomic E-state index is 0.106. The molecule has 1 N–H and O–H groups in total. The SMILES string of the molecule is OBc1ccc(-c2ccccc2)cc1. The lowest BCUT2D eigenvalue weighted by molar-refractivity contribution is 0.615. The first kappa shape index (κ1) is 9.04. The van der Waals surface area contributed by atoms with Gasteiger partial charge in [-0.2, -0.15) is 0 Å². The molecule has 0 aliphatic heterocycles. The number of hydrogen-bond donors (Lipinski definition) is 1. The summed E-state index contributed by atoms with van der Waals surface area (Å²) in [6, 6.07) is 18.2. The summed E-state index contributed by atoms with van der Waals surface area (Å²) in [5, 5.41) is 8.90. The van der Waals surface area contributed by atoms with Crippen LogP contribution in [0.3, 0.4) is 0 Å². The maximum absolute atomic E-state index is 8.90. The van der Waals surface area contributed by atoms with Crippen LogP contribution in [0.5, 0.6) is 0 Å². The van der Waals surface area contributed by atoms with E-state index in [1.807, 2.05) is 42.5 Å². The summed E-state index contributed by atoms with van der Waals surface area (Å²) in [5.74, 6) is 0. The minimum Gasteiger partial charge on any atom is -0.449 e. The predicted molar refractivity (Wildman–Crippen MR) is 60.9 cm³/mol. The highest BCUT2D eigenvalue weighted by Crippen LogP contribution is 2.16. The minimum atomic E-state index is 0.106. The van der Waals surface area contributed by atoms with Crippen molar-refractivity contribution in [2.45, 2.75) is 0 Å². The molecule has 2 aromatic carbocycles. The molecule has 68 valence electrons. The molecule has 0 amide bonds. The fourth-order valence-corrected chi connectivity index (χ4v) is 1.43. The molecule has 2 heteroatoms. The van der Waals surface area contributed by atoms with Crippen molar-refractivity contribution in [3.63, 3.8) is 0 Å². The van der Waals surface area contributed by atoms with Crippen LogP contribution < -0.4 is 5.46 Å². The molecule has 0 aliphatic rings. The lowest BCUT2D eigenvalue weighted by atomic mass is 9.87. The lowest BCUT2D eigenvalue weighted by Crippen LogP contribution is -2.11. The van der Waals surface area contributed by atoms with E-state index < -0.39 is 0 Å². The second kappa shape index (κ2) is 4.12. The molecule has 0 unspecified atom stereocenters. The van der Waals surface area contributed by atoms with Gasteiger partial charge in [0.05, 0.1) is 0 Å². The third-order valence-corrected chi connectivity index (χ3v) is 2.24. The van der Waals surface area contributed by atoms with E-state index in [2.05, 4.69) is 12.1 Å². The zero-order valence-corrected chi connectivity index (χ0v) is 7.85. The maximum Gasteiger partial charge on any atom is 0.304 e. The number of rotatable bonds is 2. The molecule has 0 radical (unpaired) electrons. The van der Waals surface area contributed by atoms with Crippen molar-refractivity contribution >= 4 is 12.9 Å². The van der Waals surface area contributed by atoms with Crippen LogP contribution >= 0.6 is 0 Å². The first-order chi connectivity index (χ1) is 6.90. The summed E-state index contributed by atoms with van der Waals surface area (Å²) in [4.78, 5) is 0. The molecule has 0 heterocycles. The third kappa shape index (κ3) is 1.86. The van der Waals surface area contributed by atoms with Crippen molar-refractivity contribution < 1.29 is 5.02 Å². The quantitative estimate of drug-likeness (QED) is 0.694. The smallest absolute Gasteiger partial charge is 0.304 e. The van der Waals surface area contributed by atoms with Gasteiger partial charge in [-0.1, -0.05) is 60.1 Å². The van der Waals surface area contributed by atoms with Gasteiger partial charge in [0.2, 0.25) is 0 Å². The molecule has 0 bridgehead atoms. The van der Waals surface area contributed by atoms with Crippen molar-refractivity contribution in [2.24, 2.45) is 0 Å². The van der Waals surface area contributed by atoms with Gasteiger partial charge in [0.15, 0.2) is 0 Å². The Morgan fingerprint density at radius 2 is 1.29 bits per heavy atom. The molecule has 0 spiro atoms. The van der Waals surface area contributed by atoms with E-state index in [0.29, 0.717) is 0 Å². The first-order valence-electron chi connectivity index (χ1n) is 4.65. The van der Waals surface area contributed by atoms with Crippen LogP contribution in [0.4, 0.5) is 0 Å². The molecular formula is C12H11BO. The van der Waals surface area contributed by atoms with Crippen molar-refractivity contribution in [1.29, 1.82) is 0 Å². The average Bonchev–Trinajstić information content (AvgIpc) is 2.30. The highest BCUT2D eigenvalue weighted by atomic mass is 16.2. The van der Waals surface area contributed by atoms with Gasteiger partial charge >= 0.3 is 7.48 Å².